The Morgan fingerprint density at radius 1 is 1.50 bits per heavy atom. The van der Waals surface area contributed by atoms with Crippen molar-refractivity contribution in [3.63, 3.8) is 0 Å². The summed E-state index contributed by atoms with van der Waals surface area (Å²) < 4.78 is 0. The number of nitrogens with zero attached hydrogens (tertiary/aromatic N) is 2. The van der Waals surface area contributed by atoms with Crippen molar-refractivity contribution in [1.82, 2.24) is 10.2 Å². The van der Waals surface area contributed by atoms with Gasteiger partial charge in [0.25, 0.3) is 5.88 Å². The van der Waals surface area contributed by atoms with E-state index < -0.39 is 0 Å². The Labute approximate surface area is 62.2 Å². The van der Waals surface area contributed by atoms with Crippen LogP contribution in [-0.2, 0) is 0 Å². The predicted octanol–water partition coefficient (Wildman–Crippen LogP) is 1.05. The van der Waals surface area contributed by atoms with E-state index in [9.17, 15) is 0 Å². The lowest BCUT2D eigenvalue weighted by Crippen LogP contribution is -1.90. The molecule has 5 heteroatoms. The molecule has 54 valence electrons. The number of hydrogen-bond acceptors (Lipinski definition) is 5. The summed E-state index contributed by atoms with van der Waals surface area (Å²) >= 11 is 1.48. The van der Waals surface area contributed by atoms with E-state index in [1.54, 1.807) is 12.1 Å². The smallest absolute Gasteiger partial charge is 0.274 e. The van der Waals surface area contributed by atoms with Gasteiger partial charge in [-0.25, -0.2) is 5.26 Å². The standard InChI is InChI=1S/C5H6N2O2S/c1-10-5-3-2-4(9-8)6-7-5/h2-3,8H,1H3. The average Bonchev–Trinajstić information content (AvgIpc) is 2.05. The minimum atomic E-state index is 0.109. The number of thioether (sulfide) groups is 1. The van der Waals surface area contributed by atoms with Crippen molar-refractivity contribution in [2.45, 2.75) is 5.03 Å². The van der Waals surface area contributed by atoms with Crippen molar-refractivity contribution in [3.05, 3.63) is 12.1 Å². The molecule has 0 radical (unpaired) electrons. The Morgan fingerprint density at radius 3 is 2.70 bits per heavy atom. The second kappa shape index (κ2) is 3.38. The minimum Gasteiger partial charge on any atom is -0.318 e. The van der Waals surface area contributed by atoms with Crippen LogP contribution in [0.3, 0.4) is 0 Å². The minimum absolute atomic E-state index is 0.109. The van der Waals surface area contributed by atoms with Crippen molar-refractivity contribution < 1.29 is 10.1 Å². The van der Waals surface area contributed by atoms with Crippen LogP contribution in [0.1, 0.15) is 0 Å². The second-order valence-corrected chi connectivity index (χ2v) is 2.33. The van der Waals surface area contributed by atoms with Gasteiger partial charge in [0.05, 0.1) is 0 Å². The lowest BCUT2D eigenvalue weighted by molar-refractivity contribution is -0.142. The summed E-state index contributed by atoms with van der Waals surface area (Å²) in [5.74, 6) is 0.109. The lowest BCUT2D eigenvalue weighted by atomic mass is 10.6. The van der Waals surface area contributed by atoms with Crippen LogP contribution in [0.4, 0.5) is 0 Å². The molecular weight excluding hydrogens is 152 g/mol. The molecule has 0 spiro atoms. The molecule has 0 atom stereocenters. The fraction of sp³-hybridized carbons (Fsp3) is 0.200. The van der Waals surface area contributed by atoms with Gasteiger partial charge in [0.2, 0.25) is 0 Å². The maximum atomic E-state index is 8.09. The lowest BCUT2D eigenvalue weighted by Gasteiger charge is -1.93. The highest BCUT2D eigenvalue weighted by molar-refractivity contribution is 7.98. The van der Waals surface area contributed by atoms with Crippen molar-refractivity contribution in [3.8, 4) is 5.88 Å². The van der Waals surface area contributed by atoms with E-state index in [0.717, 1.165) is 5.03 Å². The fourth-order valence-electron chi connectivity index (χ4n) is 0.465. The molecule has 0 aliphatic carbocycles. The van der Waals surface area contributed by atoms with Gasteiger partial charge < -0.3 is 4.89 Å². The maximum absolute atomic E-state index is 8.09. The number of rotatable bonds is 2. The summed E-state index contributed by atoms with van der Waals surface area (Å²) in [5.41, 5.74) is 0. The first-order valence-electron chi connectivity index (χ1n) is 2.56. The van der Waals surface area contributed by atoms with Crippen LogP contribution < -0.4 is 4.89 Å². The Bertz CT molecular complexity index is 178. The molecule has 0 aliphatic rings. The fourth-order valence-corrected chi connectivity index (χ4v) is 0.792. The Morgan fingerprint density at radius 2 is 2.30 bits per heavy atom. The summed E-state index contributed by atoms with van der Waals surface area (Å²) in [6.07, 6.45) is 1.89. The molecule has 0 fully saturated rings. The topological polar surface area (TPSA) is 55.2 Å². The van der Waals surface area contributed by atoms with Crippen molar-refractivity contribution in [1.29, 1.82) is 0 Å². The van der Waals surface area contributed by atoms with Gasteiger partial charge in [0.15, 0.2) is 0 Å². The number of aromatic nitrogens is 2. The van der Waals surface area contributed by atoms with Crippen LogP contribution in [0, 0.1) is 0 Å². The first-order valence-corrected chi connectivity index (χ1v) is 3.78. The van der Waals surface area contributed by atoms with Crippen LogP contribution in [0.2, 0.25) is 0 Å². The summed E-state index contributed by atoms with van der Waals surface area (Å²) in [4.78, 5) is 3.83. The molecule has 1 rings (SSSR count). The van der Waals surface area contributed by atoms with E-state index in [-0.39, 0.29) is 5.88 Å². The van der Waals surface area contributed by atoms with Crippen LogP contribution in [-0.4, -0.2) is 21.7 Å². The molecule has 0 amide bonds. The third-order valence-corrected chi connectivity index (χ3v) is 1.55. The highest BCUT2D eigenvalue weighted by atomic mass is 32.2. The summed E-state index contributed by atoms with van der Waals surface area (Å²) in [5, 5.41) is 16.1. The zero-order chi connectivity index (χ0) is 7.40. The second-order valence-electron chi connectivity index (χ2n) is 1.51. The van der Waals surface area contributed by atoms with Gasteiger partial charge in [0.1, 0.15) is 5.03 Å². The van der Waals surface area contributed by atoms with Crippen LogP contribution in [0.15, 0.2) is 17.2 Å². The van der Waals surface area contributed by atoms with Gasteiger partial charge in [-0.15, -0.1) is 22.0 Å². The molecule has 1 aromatic heterocycles. The molecule has 0 aromatic carbocycles. The molecule has 0 saturated carbocycles. The van der Waals surface area contributed by atoms with Crippen molar-refractivity contribution >= 4 is 11.8 Å². The van der Waals surface area contributed by atoms with Crippen molar-refractivity contribution in [2.24, 2.45) is 0 Å². The van der Waals surface area contributed by atoms with Gasteiger partial charge >= 0.3 is 0 Å². The molecule has 4 nitrogen and oxygen atoms in total. The van der Waals surface area contributed by atoms with Gasteiger partial charge in [-0.1, -0.05) is 0 Å². The number of hydrogen-bond donors (Lipinski definition) is 1. The third-order valence-electron chi connectivity index (χ3n) is 0.918. The van der Waals surface area contributed by atoms with Crippen LogP contribution in [0.25, 0.3) is 0 Å². The van der Waals surface area contributed by atoms with E-state index >= 15 is 0 Å². The molecule has 1 aromatic rings. The molecule has 0 unspecified atom stereocenters. The monoisotopic (exact) mass is 158 g/mol. The zero-order valence-electron chi connectivity index (χ0n) is 5.31. The van der Waals surface area contributed by atoms with Gasteiger partial charge in [-0.05, 0) is 12.3 Å². The molecule has 0 bridgehead atoms. The summed E-state index contributed by atoms with van der Waals surface area (Å²) in [6.45, 7) is 0. The van der Waals surface area contributed by atoms with Gasteiger partial charge in [-0.2, -0.15) is 0 Å². The average molecular weight is 158 g/mol. The molecular formula is C5H6N2O2S. The van der Waals surface area contributed by atoms with E-state index in [1.165, 1.54) is 11.8 Å². The normalized spacial score (nSPS) is 9.40. The van der Waals surface area contributed by atoms with Crippen molar-refractivity contribution in [2.75, 3.05) is 6.26 Å². The Hall–Kier alpha value is -0.810. The largest absolute Gasteiger partial charge is 0.318 e. The first-order chi connectivity index (χ1) is 4.86. The van der Waals surface area contributed by atoms with E-state index in [4.69, 9.17) is 5.26 Å². The maximum Gasteiger partial charge on any atom is 0.274 e. The van der Waals surface area contributed by atoms with E-state index in [1.807, 2.05) is 6.26 Å². The highest BCUT2D eigenvalue weighted by Gasteiger charge is 1.94. The van der Waals surface area contributed by atoms with Crippen LogP contribution in [0.5, 0.6) is 5.88 Å². The van der Waals surface area contributed by atoms with E-state index in [0.29, 0.717) is 0 Å². The van der Waals surface area contributed by atoms with Gasteiger partial charge in [-0.3, -0.25) is 0 Å². The predicted molar refractivity (Wildman–Crippen MR) is 37.1 cm³/mol. The van der Waals surface area contributed by atoms with Crippen LogP contribution >= 0.6 is 11.8 Å². The molecule has 1 N–H and O–H groups in total. The zero-order valence-corrected chi connectivity index (χ0v) is 6.13. The molecule has 1 heterocycles. The van der Waals surface area contributed by atoms with Gasteiger partial charge in [0, 0.05) is 6.07 Å². The van der Waals surface area contributed by atoms with E-state index in [2.05, 4.69) is 15.1 Å². The quantitative estimate of drug-likeness (QED) is 0.396. The first kappa shape index (κ1) is 7.30. The third kappa shape index (κ3) is 1.58. The Balaban J connectivity index is 2.80. The summed E-state index contributed by atoms with van der Waals surface area (Å²) in [7, 11) is 0. The molecule has 0 saturated heterocycles. The molecule has 10 heavy (non-hydrogen) atoms. The Kier molecular flexibility index (Phi) is 2.47. The highest BCUT2D eigenvalue weighted by Crippen LogP contribution is 2.11. The molecule has 0 aliphatic heterocycles. The summed E-state index contributed by atoms with van der Waals surface area (Å²) in [6, 6.07) is 3.25. The SMILES string of the molecule is CSc1ccc(OO)nn1.